The van der Waals surface area contributed by atoms with Gasteiger partial charge in [0.05, 0.1) is 0 Å². The molecule has 2 heteroatoms. The molecule has 66 valence electrons. The van der Waals surface area contributed by atoms with Gasteiger partial charge in [0.25, 0.3) is 0 Å². The Morgan fingerprint density at radius 1 is 1.36 bits per heavy atom. The molecule has 0 aliphatic heterocycles. The Kier molecular flexibility index (Phi) is 11.1. The minimum atomic E-state index is -0.978. The van der Waals surface area contributed by atoms with Gasteiger partial charge in [-0.15, -0.1) is 6.42 Å². The van der Waals surface area contributed by atoms with Gasteiger partial charge in [0, 0.05) is 0 Å². The molecule has 0 saturated heterocycles. The van der Waals surface area contributed by atoms with Crippen molar-refractivity contribution < 1.29 is 56.5 Å². The Morgan fingerprint density at radius 2 is 1.93 bits per heavy atom. The van der Waals surface area contributed by atoms with E-state index in [1.807, 2.05) is 0 Å². The Balaban J connectivity index is 0. The molecule has 14 heavy (non-hydrogen) atoms. The molecule has 0 bridgehead atoms. The van der Waals surface area contributed by atoms with E-state index < -0.39 is 6.10 Å². The van der Waals surface area contributed by atoms with Crippen molar-refractivity contribution in [3.05, 3.63) is 43.3 Å². The number of rotatable bonds is 0. The number of benzene rings is 1. The van der Waals surface area contributed by atoms with Crippen molar-refractivity contribution in [2.75, 3.05) is 0 Å². The minimum Gasteiger partial charge on any atom is -0.369 e. The fraction of sp³-hybridized carbons (Fsp3) is 0.0833. The Bertz CT molecular complexity index is 340. The zero-order valence-electron chi connectivity index (χ0n) is 8.41. The van der Waals surface area contributed by atoms with Crippen LogP contribution in [0.3, 0.4) is 0 Å². The van der Waals surface area contributed by atoms with Gasteiger partial charge >= 0.3 is 51.4 Å². The van der Waals surface area contributed by atoms with Gasteiger partial charge in [-0.25, -0.2) is 0 Å². The summed E-state index contributed by atoms with van der Waals surface area (Å²) in [7, 11) is 0. The summed E-state index contributed by atoms with van der Waals surface area (Å²) in [4.78, 5) is 0. The Morgan fingerprint density at radius 3 is 2.43 bits per heavy atom. The van der Waals surface area contributed by atoms with Crippen LogP contribution in [0.4, 0.5) is 0 Å². The van der Waals surface area contributed by atoms with E-state index in [9.17, 15) is 0 Å². The van der Waals surface area contributed by atoms with Crippen LogP contribution in [-0.4, -0.2) is 11.2 Å². The van der Waals surface area contributed by atoms with E-state index in [-0.39, 0.29) is 58.8 Å². The van der Waals surface area contributed by atoms with E-state index in [0.717, 1.165) is 5.56 Å². The second kappa shape index (κ2) is 9.49. The van der Waals surface area contributed by atoms with Gasteiger partial charge in [-0.1, -0.05) is 23.3 Å². The van der Waals surface area contributed by atoms with Crippen LogP contribution in [0.25, 0.3) is 0 Å². The Labute approximate surface area is 128 Å². The van der Waals surface area contributed by atoms with Gasteiger partial charge in [-0.05, 0) is 0 Å². The van der Waals surface area contributed by atoms with Crippen molar-refractivity contribution in [3.63, 3.8) is 0 Å². The van der Waals surface area contributed by atoms with Crippen LogP contribution in [0.15, 0.2) is 24.3 Å². The molecule has 1 unspecified atom stereocenters. The molecule has 0 saturated carbocycles. The quantitative estimate of drug-likeness (QED) is 0.306. The summed E-state index contributed by atoms with van der Waals surface area (Å²) in [5, 5.41) is 8.90. The Hall–Kier alpha value is -0.0636. The molecule has 1 atom stereocenters. The van der Waals surface area contributed by atoms with Gasteiger partial charge < -0.3 is 12.5 Å². The topological polar surface area (TPSA) is 20.2 Å². The smallest absolute Gasteiger partial charge is 0.369 e. The zero-order valence-corrected chi connectivity index (χ0v) is 11.5. The number of terminal acetylenes is 1. The number of hydrogen-bond acceptors (Lipinski definition) is 1. The molecule has 0 amide bonds. The largest absolute Gasteiger partial charge is 1.00 e. The van der Waals surface area contributed by atoms with Crippen molar-refractivity contribution in [2.45, 2.75) is 6.10 Å². The molecule has 1 aromatic rings. The molecule has 0 fully saturated rings. The van der Waals surface area contributed by atoms with E-state index >= 15 is 0 Å². The fourth-order valence-corrected chi connectivity index (χ4v) is 0.664. The molecule has 0 radical (unpaired) electrons. The van der Waals surface area contributed by atoms with E-state index in [2.05, 4.69) is 23.8 Å². The van der Waals surface area contributed by atoms with Gasteiger partial charge in [0.1, 0.15) is 0 Å². The molecule has 1 aromatic carbocycles. The van der Waals surface area contributed by atoms with Crippen molar-refractivity contribution in [1.29, 1.82) is 0 Å². The van der Waals surface area contributed by atoms with Gasteiger partial charge in [0.15, 0.2) is 6.10 Å². The molecule has 1 rings (SSSR count). The van der Waals surface area contributed by atoms with Crippen LogP contribution < -0.4 is 51.4 Å². The summed E-state index contributed by atoms with van der Waals surface area (Å²) in [6.45, 7) is 0. The maximum Gasteiger partial charge on any atom is 1.00 e. The summed E-state index contributed by atoms with van der Waals surface area (Å²) in [6.07, 6.45) is 3.95. The summed E-state index contributed by atoms with van der Waals surface area (Å²) in [5.74, 6) is 7.35. The summed E-state index contributed by atoms with van der Waals surface area (Å²) >= 11 is 0. The first kappa shape index (κ1) is 16.4. The molecule has 0 spiro atoms. The third-order valence-corrected chi connectivity index (χ3v) is 1.23. The third-order valence-electron chi connectivity index (χ3n) is 1.23. The van der Waals surface area contributed by atoms with Crippen molar-refractivity contribution in [2.24, 2.45) is 0 Å². The number of aliphatic hydroxyl groups is 1. The first-order chi connectivity index (χ1) is 5.83. The molecule has 1 N–H and O–H groups in total. The molecular formula is C12H10KO-. The van der Waals surface area contributed by atoms with E-state index in [1.165, 1.54) is 0 Å². The van der Waals surface area contributed by atoms with Crippen molar-refractivity contribution in [1.82, 2.24) is 0 Å². The molecule has 0 heterocycles. The van der Waals surface area contributed by atoms with Crippen LogP contribution in [-0.2, 0) is 0 Å². The van der Waals surface area contributed by atoms with Gasteiger partial charge in [-0.2, -0.15) is 30.3 Å². The average Bonchev–Trinajstić information content (AvgIpc) is 2.16. The average molecular weight is 209 g/mol. The van der Waals surface area contributed by atoms with Gasteiger partial charge in [-0.3, -0.25) is 0 Å². The molecular weight excluding hydrogens is 199 g/mol. The van der Waals surface area contributed by atoms with Crippen LogP contribution >= 0.6 is 0 Å². The first-order valence-electron chi connectivity index (χ1n) is 3.45. The summed E-state index contributed by atoms with van der Waals surface area (Å²) in [5.41, 5.74) is 0.822. The standard InChI is InChI=1S/C11H7O.CH3.K/c1-2-11(12)9-8-10-6-4-3-5-7-10;;/h1,4-7,11-12H;1H3;/q2*-1;+1. The minimum absolute atomic E-state index is 0. The predicted molar refractivity (Wildman–Crippen MR) is 53.4 cm³/mol. The van der Waals surface area contributed by atoms with Crippen LogP contribution in [0, 0.1) is 37.7 Å². The summed E-state index contributed by atoms with van der Waals surface area (Å²) < 4.78 is 0. The van der Waals surface area contributed by atoms with Crippen molar-refractivity contribution >= 4 is 0 Å². The monoisotopic (exact) mass is 209 g/mol. The number of aliphatic hydroxyl groups excluding tert-OH is 1. The molecule has 0 aliphatic rings. The number of hydrogen-bond donors (Lipinski definition) is 1. The van der Waals surface area contributed by atoms with E-state index in [4.69, 9.17) is 11.5 Å². The van der Waals surface area contributed by atoms with Crippen LogP contribution in [0.1, 0.15) is 5.56 Å². The summed E-state index contributed by atoms with van der Waals surface area (Å²) in [6, 6.07) is 9.98. The van der Waals surface area contributed by atoms with E-state index in [1.54, 1.807) is 24.3 Å². The second-order valence-corrected chi connectivity index (χ2v) is 2.13. The third kappa shape index (κ3) is 6.40. The maximum absolute atomic E-state index is 8.90. The molecule has 1 nitrogen and oxygen atoms in total. The SMILES string of the molecule is C#CC(O)C#Cc1cc[c-]cc1.[CH3-].[K+]. The fourth-order valence-electron chi connectivity index (χ4n) is 0.664. The van der Waals surface area contributed by atoms with Crippen molar-refractivity contribution in [3.8, 4) is 24.2 Å². The molecule has 0 aliphatic carbocycles. The van der Waals surface area contributed by atoms with Gasteiger partial charge in [0.2, 0.25) is 0 Å². The second-order valence-electron chi connectivity index (χ2n) is 2.13. The van der Waals surface area contributed by atoms with E-state index in [0.29, 0.717) is 0 Å². The van der Waals surface area contributed by atoms with Crippen LogP contribution in [0.2, 0.25) is 0 Å². The normalized spacial score (nSPS) is 9.14. The first-order valence-corrected chi connectivity index (χ1v) is 3.45. The molecule has 0 aromatic heterocycles. The van der Waals surface area contributed by atoms with Crippen LogP contribution in [0.5, 0.6) is 0 Å². The zero-order chi connectivity index (χ0) is 8.81. The predicted octanol–water partition coefficient (Wildman–Crippen LogP) is -1.71. The maximum atomic E-state index is 8.90.